The average Bonchev–Trinajstić information content (AvgIpc) is 1.87. The summed E-state index contributed by atoms with van der Waals surface area (Å²) in [6.45, 7) is 3.32. The highest BCUT2D eigenvalue weighted by Crippen LogP contribution is 2.21. The molecule has 0 aromatic rings. The predicted molar refractivity (Wildman–Crippen MR) is 55.2 cm³/mol. The fraction of sp³-hybridized carbons (Fsp3) is 0.667. The van der Waals surface area contributed by atoms with Crippen molar-refractivity contribution in [1.82, 2.24) is 0 Å². The molecular weight excluding hydrogens is 199 g/mol. The largest absolute Gasteiger partial charge is 0.293 e. The molecule has 0 bridgehead atoms. The van der Waals surface area contributed by atoms with Gasteiger partial charge in [-0.05, 0) is 13.8 Å². The molecule has 0 saturated heterocycles. The molecule has 0 aromatic heterocycles. The zero-order chi connectivity index (χ0) is 9.02. The molecule has 2 nitrogen and oxygen atoms in total. The van der Waals surface area contributed by atoms with Crippen molar-refractivity contribution >= 4 is 44.9 Å². The Bertz CT molecular complexity index is 150. The summed E-state index contributed by atoms with van der Waals surface area (Å²) in [5.41, 5.74) is -0.224. The van der Waals surface area contributed by atoms with E-state index in [0.717, 1.165) is 0 Å². The molecule has 0 aliphatic heterocycles. The summed E-state index contributed by atoms with van der Waals surface area (Å²) in [5, 5.41) is -0.686. The molecule has 0 rings (SSSR count). The van der Waals surface area contributed by atoms with Crippen LogP contribution in [0.1, 0.15) is 13.8 Å². The number of hydrogen-bond donors (Lipinski definition) is 2. The minimum atomic E-state index is -0.343. The first kappa shape index (κ1) is 11.5. The molecule has 0 aliphatic rings. The number of carbonyl (C=O) groups excluding carboxylic acids is 2. The third-order valence-corrected chi connectivity index (χ3v) is 3.32. The molecule has 0 saturated carbocycles. The molecule has 0 aliphatic carbocycles. The van der Waals surface area contributed by atoms with Gasteiger partial charge in [0.2, 0.25) is 0 Å². The fourth-order valence-corrected chi connectivity index (χ4v) is 1.38. The maximum Gasteiger partial charge on any atom is 0.171 e. The highest BCUT2D eigenvalue weighted by molar-refractivity contribution is 7.88. The van der Waals surface area contributed by atoms with Crippen LogP contribution in [0.25, 0.3) is 0 Å². The van der Waals surface area contributed by atoms with E-state index in [1.807, 2.05) is 0 Å². The summed E-state index contributed by atoms with van der Waals surface area (Å²) < 4.78 is 0. The van der Waals surface area contributed by atoms with E-state index in [4.69, 9.17) is 0 Å². The van der Waals surface area contributed by atoms with E-state index in [0.29, 0.717) is 0 Å². The van der Waals surface area contributed by atoms with Crippen LogP contribution in [0.15, 0.2) is 0 Å². The second kappa shape index (κ2) is 5.18. The van der Waals surface area contributed by atoms with Crippen LogP contribution >= 0.6 is 33.8 Å². The number of carbonyl (C=O) groups is 2. The molecule has 64 valence electrons. The van der Waals surface area contributed by atoms with E-state index in [2.05, 4.69) is 25.3 Å². The maximum atomic E-state index is 10.9. The topological polar surface area (TPSA) is 34.1 Å². The van der Waals surface area contributed by atoms with E-state index in [-0.39, 0.29) is 30.1 Å². The third-order valence-electron chi connectivity index (χ3n) is 1.01. The van der Waals surface area contributed by atoms with Crippen LogP contribution in [-0.2, 0) is 9.59 Å². The van der Waals surface area contributed by atoms with Gasteiger partial charge in [0.05, 0.1) is 10.5 Å². The Morgan fingerprint density at radius 3 is 1.55 bits per heavy atom. The summed E-state index contributed by atoms with van der Waals surface area (Å²) in [7, 11) is -0.290. The quantitative estimate of drug-likeness (QED) is 0.542. The molecule has 0 fully saturated rings. The lowest BCUT2D eigenvalue weighted by Gasteiger charge is -2.03. The molecule has 2 unspecified atom stereocenters. The van der Waals surface area contributed by atoms with Crippen molar-refractivity contribution in [2.24, 2.45) is 0 Å². The Labute approximate surface area is 79.1 Å². The summed E-state index contributed by atoms with van der Waals surface area (Å²) >= 11 is 7.83. The Kier molecular flexibility index (Phi) is 5.40. The minimum Gasteiger partial charge on any atom is -0.293 e. The molecule has 0 N–H and O–H groups in total. The first-order chi connectivity index (χ1) is 4.95. The van der Waals surface area contributed by atoms with Crippen LogP contribution in [0.4, 0.5) is 0 Å². The zero-order valence-corrected chi connectivity index (χ0v) is 9.15. The summed E-state index contributed by atoms with van der Waals surface area (Å²) in [6.07, 6.45) is 0. The van der Waals surface area contributed by atoms with Crippen LogP contribution in [-0.4, -0.2) is 21.5 Å². The summed E-state index contributed by atoms with van der Waals surface area (Å²) in [4.78, 5) is 21.9. The van der Waals surface area contributed by atoms with Gasteiger partial charge in [-0.2, -0.15) is 25.3 Å². The average molecular weight is 210 g/mol. The standard InChI is InChI=1S/C6H11O2PS2/c1-3(10)5(7)9-6(8)4(2)11/h3-4,9-11H,1-2H3. The van der Waals surface area contributed by atoms with Crippen LogP contribution < -0.4 is 0 Å². The van der Waals surface area contributed by atoms with Gasteiger partial charge in [-0.1, -0.05) is 0 Å². The second-order valence-electron chi connectivity index (χ2n) is 2.21. The van der Waals surface area contributed by atoms with Crippen molar-refractivity contribution in [1.29, 1.82) is 0 Å². The fourth-order valence-electron chi connectivity index (χ4n) is 0.330. The first-order valence-corrected chi connectivity index (χ1v) is 5.19. The van der Waals surface area contributed by atoms with Crippen molar-refractivity contribution < 1.29 is 9.59 Å². The van der Waals surface area contributed by atoms with Crippen molar-refractivity contribution in [2.45, 2.75) is 24.3 Å². The van der Waals surface area contributed by atoms with Gasteiger partial charge in [-0.3, -0.25) is 9.59 Å². The molecule has 0 amide bonds. The predicted octanol–water partition coefficient (Wildman–Crippen LogP) is 1.35. The lowest BCUT2D eigenvalue weighted by Crippen LogP contribution is -2.11. The van der Waals surface area contributed by atoms with Crippen molar-refractivity contribution in [3.05, 3.63) is 0 Å². The van der Waals surface area contributed by atoms with Crippen LogP contribution in [0.5, 0.6) is 0 Å². The smallest absolute Gasteiger partial charge is 0.171 e. The van der Waals surface area contributed by atoms with Crippen molar-refractivity contribution in [3.8, 4) is 0 Å². The van der Waals surface area contributed by atoms with Crippen LogP contribution in [0.3, 0.4) is 0 Å². The molecule has 0 heterocycles. The molecule has 0 spiro atoms. The number of thiol groups is 2. The van der Waals surface area contributed by atoms with E-state index >= 15 is 0 Å². The van der Waals surface area contributed by atoms with Gasteiger partial charge in [0.1, 0.15) is 0 Å². The van der Waals surface area contributed by atoms with Crippen LogP contribution in [0, 0.1) is 0 Å². The number of rotatable bonds is 4. The molecule has 5 heteroatoms. The third kappa shape index (κ3) is 4.83. The highest BCUT2D eigenvalue weighted by Gasteiger charge is 2.15. The van der Waals surface area contributed by atoms with Gasteiger partial charge in [0.15, 0.2) is 11.0 Å². The van der Waals surface area contributed by atoms with Gasteiger partial charge in [-0.15, -0.1) is 0 Å². The zero-order valence-electron chi connectivity index (χ0n) is 6.37. The van der Waals surface area contributed by atoms with Crippen LogP contribution in [0.2, 0.25) is 0 Å². The highest BCUT2D eigenvalue weighted by atomic mass is 32.1. The Morgan fingerprint density at radius 1 is 1.09 bits per heavy atom. The SMILES string of the molecule is CC(S)C(=O)PC(=O)C(C)S. The molecule has 2 atom stereocenters. The first-order valence-electron chi connectivity index (χ1n) is 3.16. The lowest BCUT2D eigenvalue weighted by atomic mass is 10.5. The molecular formula is C6H11O2PS2. The summed E-state index contributed by atoms with van der Waals surface area (Å²) in [6, 6.07) is 0. The van der Waals surface area contributed by atoms with Gasteiger partial charge < -0.3 is 0 Å². The van der Waals surface area contributed by atoms with Gasteiger partial charge in [0.25, 0.3) is 0 Å². The van der Waals surface area contributed by atoms with Crippen molar-refractivity contribution in [2.75, 3.05) is 0 Å². The Hall–Kier alpha value is 0.470. The monoisotopic (exact) mass is 210 g/mol. The maximum absolute atomic E-state index is 10.9. The molecule has 0 aromatic carbocycles. The number of hydrogen-bond acceptors (Lipinski definition) is 4. The van der Waals surface area contributed by atoms with Gasteiger partial charge in [0, 0.05) is 8.58 Å². The normalized spacial score (nSPS) is 16.7. The summed E-state index contributed by atoms with van der Waals surface area (Å²) in [5.74, 6) is 0. The molecule has 0 radical (unpaired) electrons. The second-order valence-corrected chi connectivity index (χ2v) is 4.99. The Morgan fingerprint density at radius 2 is 1.36 bits per heavy atom. The molecule has 11 heavy (non-hydrogen) atoms. The minimum absolute atomic E-state index is 0.112. The van der Waals surface area contributed by atoms with E-state index in [1.54, 1.807) is 13.8 Å². The van der Waals surface area contributed by atoms with Gasteiger partial charge >= 0.3 is 0 Å². The van der Waals surface area contributed by atoms with E-state index in [9.17, 15) is 9.59 Å². The van der Waals surface area contributed by atoms with Gasteiger partial charge in [-0.25, -0.2) is 0 Å². The van der Waals surface area contributed by atoms with E-state index in [1.165, 1.54) is 0 Å². The van der Waals surface area contributed by atoms with E-state index < -0.39 is 0 Å². The Balaban J connectivity index is 3.86. The lowest BCUT2D eigenvalue weighted by molar-refractivity contribution is -0.113. The van der Waals surface area contributed by atoms with Crippen molar-refractivity contribution in [3.63, 3.8) is 0 Å².